The molecule has 2 aromatic rings. The van der Waals surface area contributed by atoms with Gasteiger partial charge in [-0.05, 0) is 26.1 Å². The number of hydrogen-bond donors (Lipinski definition) is 4. The van der Waals surface area contributed by atoms with Crippen molar-refractivity contribution in [3.63, 3.8) is 0 Å². The number of hydrogen-bond acceptors (Lipinski definition) is 10. The fourth-order valence-corrected chi connectivity index (χ4v) is 4.30. The Labute approximate surface area is 192 Å². The second-order valence-corrected chi connectivity index (χ2v) is 9.75. The Morgan fingerprint density at radius 1 is 1.28 bits per heavy atom. The Bertz CT molecular complexity index is 1120. The Hall–Kier alpha value is -2.70. The molecule has 0 amide bonds. The number of aromatic nitrogens is 3. The normalized spacial score (nSPS) is 15.6. The summed E-state index contributed by atoms with van der Waals surface area (Å²) in [6.45, 7) is 5.08. The predicted molar refractivity (Wildman–Crippen MR) is 128 cm³/mol. The maximum atomic E-state index is 12.5. The molecule has 0 atom stereocenters. The fraction of sp³-hybridized carbons (Fsp3) is 0.474. The lowest BCUT2D eigenvalue weighted by molar-refractivity contribution is 0.311. The molecule has 1 fully saturated rings. The van der Waals surface area contributed by atoms with Crippen LogP contribution in [0.15, 0.2) is 24.2 Å². The molecule has 13 heteroatoms. The average molecular weight is 482 g/mol. The molecule has 3 rings (SSSR count). The monoisotopic (exact) mass is 481 g/mol. The summed E-state index contributed by atoms with van der Waals surface area (Å²) >= 11 is 6.07. The first-order valence-electron chi connectivity index (χ1n) is 10.1. The maximum Gasteiger partial charge on any atom is 0.235 e. The predicted octanol–water partition coefficient (Wildman–Crippen LogP) is 0.862. The molecule has 0 unspecified atom stereocenters. The third kappa shape index (κ3) is 6.40. The lowest BCUT2D eigenvalue weighted by atomic mass is 10.3. The van der Waals surface area contributed by atoms with E-state index in [0.717, 1.165) is 26.2 Å². The van der Waals surface area contributed by atoms with Crippen molar-refractivity contribution in [1.29, 1.82) is 5.41 Å². The fourth-order valence-electron chi connectivity index (χ4n) is 3.17. The van der Waals surface area contributed by atoms with Crippen molar-refractivity contribution in [3.05, 3.63) is 29.3 Å². The topological polar surface area (TPSA) is 139 Å². The van der Waals surface area contributed by atoms with Crippen LogP contribution in [-0.2, 0) is 10.0 Å². The minimum absolute atomic E-state index is 0.115. The Morgan fingerprint density at radius 2 is 2.00 bits per heavy atom. The van der Waals surface area contributed by atoms with Gasteiger partial charge in [-0.1, -0.05) is 11.6 Å². The van der Waals surface area contributed by atoms with Crippen molar-refractivity contribution in [2.45, 2.75) is 6.92 Å². The molecule has 3 heterocycles. The van der Waals surface area contributed by atoms with Crippen molar-refractivity contribution in [2.24, 2.45) is 0 Å². The van der Waals surface area contributed by atoms with Crippen LogP contribution in [0.2, 0.25) is 5.15 Å². The molecule has 0 aliphatic carbocycles. The third-order valence-corrected chi connectivity index (χ3v) is 6.36. The zero-order valence-corrected chi connectivity index (χ0v) is 19.9. The lowest BCUT2D eigenvalue weighted by Gasteiger charge is -2.32. The van der Waals surface area contributed by atoms with E-state index in [4.69, 9.17) is 17.0 Å². The highest BCUT2D eigenvalue weighted by atomic mass is 35.5. The van der Waals surface area contributed by atoms with Gasteiger partial charge in [-0.2, -0.15) is 4.98 Å². The van der Waals surface area contributed by atoms with E-state index in [0.29, 0.717) is 27.8 Å². The molecular formula is C19H28ClN9O2S. The molecule has 1 aliphatic heterocycles. The minimum Gasteiger partial charge on any atom is -0.374 e. The van der Waals surface area contributed by atoms with Gasteiger partial charge >= 0.3 is 0 Å². The van der Waals surface area contributed by atoms with Gasteiger partial charge < -0.3 is 25.8 Å². The molecular weight excluding hydrogens is 454 g/mol. The summed E-state index contributed by atoms with van der Waals surface area (Å²) in [6.07, 6.45) is 2.99. The molecule has 1 saturated heterocycles. The van der Waals surface area contributed by atoms with Crippen molar-refractivity contribution >= 4 is 50.0 Å². The van der Waals surface area contributed by atoms with Gasteiger partial charge in [0.1, 0.15) is 16.8 Å². The number of sulfonamides is 1. The summed E-state index contributed by atoms with van der Waals surface area (Å²) in [5.74, 6) is 1.11. The first-order chi connectivity index (χ1) is 15.2. The van der Waals surface area contributed by atoms with E-state index in [9.17, 15) is 8.42 Å². The SMILES string of the molecule is CN/C(=C\C(C)=N)NS(=O)(=O)CCNc1nc(N2CCN(C)CC2)nc2cnc(Cl)cc12. The molecule has 1 aliphatic rings. The van der Waals surface area contributed by atoms with Crippen LogP contribution < -0.4 is 20.3 Å². The van der Waals surface area contributed by atoms with Gasteiger partial charge in [0.15, 0.2) is 0 Å². The van der Waals surface area contributed by atoms with Gasteiger partial charge in [0.2, 0.25) is 16.0 Å². The number of likely N-dealkylation sites (N-methyl/N-ethyl adjacent to an activating group) is 1. The highest BCUT2D eigenvalue weighted by molar-refractivity contribution is 7.89. The van der Waals surface area contributed by atoms with Crippen LogP contribution in [0.25, 0.3) is 10.9 Å². The number of anilines is 2. The molecule has 0 radical (unpaired) electrons. The largest absolute Gasteiger partial charge is 0.374 e. The second kappa shape index (κ2) is 10.3. The van der Waals surface area contributed by atoms with E-state index < -0.39 is 10.0 Å². The zero-order valence-electron chi connectivity index (χ0n) is 18.3. The molecule has 174 valence electrons. The summed E-state index contributed by atoms with van der Waals surface area (Å²) in [5, 5.41) is 14.3. The lowest BCUT2D eigenvalue weighted by Crippen LogP contribution is -2.45. The number of pyridine rings is 1. The first kappa shape index (κ1) is 24.0. The van der Waals surface area contributed by atoms with E-state index in [-0.39, 0.29) is 23.8 Å². The Morgan fingerprint density at radius 3 is 2.66 bits per heavy atom. The third-order valence-electron chi connectivity index (χ3n) is 4.88. The van der Waals surface area contributed by atoms with Crippen molar-refractivity contribution in [1.82, 2.24) is 29.9 Å². The van der Waals surface area contributed by atoms with Crippen molar-refractivity contribution in [2.75, 3.05) is 62.8 Å². The molecule has 0 bridgehead atoms. The van der Waals surface area contributed by atoms with Gasteiger partial charge in [0, 0.05) is 50.9 Å². The summed E-state index contributed by atoms with van der Waals surface area (Å²) in [6, 6.07) is 1.66. The van der Waals surface area contributed by atoms with Crippen molar-refractivity contribution < 1.29 is 8.42 Å². The molecule has 2 aromatic heterocycles. The van der Waals surface area contributed by atoms with Crippen LogP contribution in [-0.4, -0.2) is 86.6 Å². The Balaban J connectivity index is 1.78. The van der Waals surface area contributed by atoms with E-state index in [1.807, 2.05) is 0 Å². The molecule has 4 N–H and O–H groups in total. The number of halogens is 1. The molecule has 32 heavy (non-hydrogen) atoms. The standard InChI is InChI=1S/C19H28ClN9O2S/c1-13(21)10-17(22-2)27-32(30,31)9-4-23-18-14-11-16(20)24-12-15(14)25-19(26-18)29-7-5-28(3)6-8-29/h10-12,21-22,27H,4-9H2,1-3H3,(H,23,25,26)/b17-10+,21-13?. The van der Waals surface area contributed by atoms with Crippen LogP contribution in [0.3, 0.4) is 0 Å². The summed E-state index contributed by atoms with van der Waals surface area (Å²) in [5.41, 5.74) is 0.855. The van der Waals surface area contributed by atoms with Gasteiger partial charge in [0.05, 0.1) is 17.5 Å². The highest BCUT2D eigenvalue weighted by Gasteiger charge is 2.19. The summed E-state index contributed by atoms with van der Waals surface area (Å²) in [7, 11) is 0.0124. The van der Waals surface area contributed by atoms with Gasteiger partial charge in [-0.3, -0.25) is 4.72 Å². The van der Waals surface area contributed by atoms with E-state index in [1.165, 1.54) is 6.08 Å². The van der Waals surface area contributed by atoms with Gasteiger partial charge in [-0.25, -0.2) is 18.4 Å². The molecule has 0 aromatic carbocycles. The number of rotatable bonds is 9. The van der Waals surface area contributed by atoms with Crippen LogP contribution in [0.4, 0.5) is 11.8 Å². The number of nitrogens with one attached hydrogen (secondary N) is 4. The quantitative estimate of drug-likeness (QED) is 0.303. The summed E-state index contributed by atoms with van der Waals surface area (Å²) in [4.78, 5) is 17.7. The number of nitrogens with zero attached hydrogens (tertiary/aromatic N) is 5. The van der Waals surface area contributed by atoms with Crippen molar-refractivity contribution in [3.8, 4) is 0 Å². The van der Waals surface area contributed by atoms with Crippen LogP contribution in [0.5, 0.6) is 0 Å². The molecule has 11 nitrogen and oxygen atoms in total. The van der Waals surface area contributed by atoms with Crippen LogP contribution >= 0.6 is 11.6 Å². The van der Waals surface area contributed by atoms with Gasteiger partial charge in [-0.15, -0.1) is 0 Å². The van der Waals surface area contributed by atoms with Crippen LogP contribution in [0, 0.1) is 5.41 Å². The van der Waals surface area contributed by atoms with Gasteiger partial charge in [0.25, 0.3) is 0 Å². The number of allylic oxidation sites excluding steroid dienone is 1. The first-order valence-corrected chi connectivity index (χ1v) is 12.2. The molecule has 0 saturated carbocycles. The summed E-state index contributed by atoms with van der Waals surface area (Å²) < 4.78 is 27.3. The smallest absolute Gasteiger partial charge is 0.235 e. The van der Waals surface area contributed by atoms with Crippen LogP contribution in [0.1, 0.15) is 6.92 Å². The van der Waals surface area contributed by atoms with E-state index in [2.05, 4.69) is 47.2 Å². The molecule has 0 spiro atoms. The zero-order chi connectivity index (χ0) is 23.3. The Kier molecular flexibility index (Phi) is 7.69. The second-order valence-electron chi connectivity index (χ2n) is 7.53. The van der Waals surface area contributed by atoms with E-state index >= 15 is 0 Å². The maximum absolute atomic E-state index is 12.5. The number of fused-ring (bicyclic) bond motifs is 1. The number of piperazine rings is 1. The minimum atomic E-state index is -3.64. The van der Waals surface area contributed by atoms with E-state index in [1.54, 1.807) is 26.2 Å². The average Bonchev–Trinajstić information content (AvgIpc) is 2.73. The highest BCUT2D eigenvalue weighted by Crippen LogP contribution is 2.25.